The van der Waals surface area contributed by atoms with Crippen molar-refractivity contribution in [1.29, 1.82) is 0 Å². The van der Waals surface area contributed by atoms with Crippen LogP contribution in [0, 0.1) is 5.41 Å². The van der Waals surface area contributed by atoms with E-state index in [0.29, 0.717) is 0 Å². The number of para-hydroxylation sites is 2. The molecule has 0 aliphatic carbocycles. The Bertz CT molecular complexity index is 745. The molecule has 2 N–H and O–H groups in total. The molecule has 0 aromatic heterocycles. The number of nitrogens with one attached hydrogen (secondary N) is 2. The average Bonchev–Trinajstić information content (AvgIpc) is 2.64. The van der Waals surface area contributed by atoms with Crippen LogP contribution in [0.25, 0.3) is 0 Å². The Morgan fingerprint density at radius 1 is 0.962 bits per heavy atom. The summed E-state index contributed by atoms with van der Waals surface area (Å²) in [6.07, 6.45) is 0. The van der Waals surface area contributed by atoms with Crippen LogP contribution in [0.3, 0.4) is 0 Å². The zero-order valence-corrected chi connectivity index (χ0v) is 15.7. The molecule has 1 amide bonds. The van der Waals surface area contributed by atoms with E-state index in [1.165, 1.54) is 5.69 Å². The summed E-state index contributed by atoms with van der Waals surface area (Å²) in [5.41, 5.74) is 3.63. The summed E-state index contributed by atoms with van der Waals surface area (Å²) in [5, 5.41) is 6.43. The number of benzene rings is 2. The van der Waals surface area contributed by atoms with Crippen molar-refractivity contribution in [3.63, 3.8) is 0 Å². The first-order valence-corrected chi connectivity index (χ1v) is 9.04. The predicted molar refractivity (Wildman–Crippen MR) is 107 cm³/mol. The van der Waals surface area contributed by atoms with Crippen molar-refractivity contribution in [3.8, 4) is 0 Å². The molecule has 2 aromatic rings. The highest BCUT2D eigenvalue weighted by atomic mass is 16.5. The predicted octanol–water partition coefficient (Wildman–Crippen LogP) is 4.25. The third-order valence-electron chi connectivity index (χ3n) is 4.36. The molecular weight excluding hydrogens is 326 g/mol. The number of rotatable bonds is 4. The van der Waals surface area contributed by atoms with Gasteiger partial charge in [-0.15, -0.1) is 0 Å². The summed E-state index contributed by atoms with van der Waals surface area (Å²) in [6, 6.07) is 16.1. The van der Waals surface area contributed by atoms with Crippen molar-refractivity contribution in [2.75, 3.05) is 41.8 Å². The number of morpholine rings is 1. The maximum Gasteiger partial charge on any atom is 0.229 e. The second-order valence-electron chi connectivity index (χ2n) is 7.52. The lowest BCUT2D eigenvalue weighted by Gasteiger charge is -2.30. The van der Waals surface area contributed by atoms with Crippen molar-refractivity contribution in [2.45, 2.75) is 20.8 Å². The summed E-state index contributed by atoms with van der Waals surface area (Å²) < 4.78 is 5.45. The molecule has 2 aromatic carbocycles. The third kappa shape index (κ3) is 4.55. The molecule has 0 spiro atoms. The molecule has 26 heavy (non-hydrogen) atoms. The molecule has 1 fully saturated rings. The van der Waals surface area contributed by atoms with E-state index in [4.69, 9.17) is 4.74 Å². The number of carbonyl (C=O) groups excluding carboxylic acids is 1. The van der Waals surface area contributed by atoms with Crippen molar-refractivity contribution in [2.24, 2.45) is 5.41 Å². The van der Waals surface area contributed by atoms with Gasteiger partial charge in [-0.1, -0.05) is 32.9 Å². The first-order valence-electron chi connectivity index (χ1n) is 9.04. The van der Waals surface area contributed by atoms with Gasteiger partial charge in [-0.25, -0.2) is 0 Å². The molecule has 5 nitrogen and oxygen atoms in total. The summed E-state index contributed by atoms with van der Waals surface area (Å²) in [4.78, 5) is 14.4. The quantitative estimate of drug-likeness (QED) is 0.863. The monoisotopic (exact) mass is 353 g/mol. The Labute approximate surface area is 155 Å². The Kier molecular flexibility index (Phi) is 5.47. The maximum absolute atomic E-state index is 12.1. The smallest absolute Gasteiger partial charge is 0.229 e. The fourth-order valence-corrected chi connectivity index (χ4v) is 2.77. The van der Waals surface area contributed by atoms with E-state index < -0.39 is 5.41 Å². The molecule has 0 saturated carbocycles. The number of hydrogen-bond donors (Lipinski definition) is 2. The number of anilines is 4. The van der Waals surface area contributed by atoms with Gasteiger partial charge in [0.05, 0.1) is 24.6 Å². The lowest BCUT2D eigenvalue weighted by atomic mass is 9.95. The van der Waals surface area contributed by atoms with Gasteiger partial charge in [-0.2, -0.15) is 0 Å². The summed E-state index contributed by atoms with van der Waals surface area (Å²) in [5.74, 6) is 0.0101. The van der Waals surface area contributed by atoms with Crippen LogP contribution in [-0.2, 0) is 9.53 Å². The summed E-state index contributed by atoms with van der Waals surface area (Å²) >= 11 is 0. The Morgan fingerprint density at radius 2 is 1.58 bits per heavy atom. The number of nitrogens with zero attached hydrogens (tertiary/aromatic N) is 1. The van der Waals surface area contributed by atoms with Gasteiger partial charge in [0.15, 0.2) is 0 Å². The van der Waals surface area contributed by atoms with Gasteiger partial charge in [0.25, 0.3) is 0 Å². The molecule has 1 aliphatic heterocycles. The molecule has 0 bridgehead atoms. The van der Waals surface area contributed by atoms with Crippen molar-refractivity contribution in [1.82, 2.24) is 0 Å². The van der Waals surface area contributed by atoms with Crippen LogP contribution in [-0.4, -0.2) is 32.2 Å². The minimum absolute atomic E-state index is 0.0101. The number of carbonyl (C=O) groups is 1. The molecule has 1 saturated heterocycles. The fourth-order valence-electron chi connectivity index (χ4n) is 2.77. The lowest BCUT2D eigenvalue weighted by Crippen LogP contribution is -2.36. The van der Waals surface area contributed by atoms with Gasteiger partial charge < -0.3 is 20.3 Å². The molecule has 5 heteroatoms. The molecule has 3 rings (SSSR count). The first kappa shape index (κ1) is 18.3. The van der Waals surface area contributed by atoms with Crippen LogP contribution < -0.4 is 15.5 Å². The largest absolute Gasteiger partial charge is 0.378 e. The summed E-state index contributed by atoms with van der Waals surface area (Å²) in [6.45, 7) is 9.03. The highest BCUT2D eigenvalue weighted by Crippen LogP contribution is 2.29. The van der Waals surface area contributed by atoms with Crippen molar-refractivity contribution < 1.29 is 9.53 Å². The highest BCUT2D eigenvalue weighted by molar-refractivity contribution is 5.94. The maximum atomic E-state index is 12.1. The van der Waals surface area contributed by atoms with Gasteiger partial charge in [0.1, 0.15) is 0 Å². The minimum atomic E-state index is -0.409. The summed E-state index contributed by atoms with van der Waals surface area (Å²) in [7, 11) is 0. The number of ether oxygens (including phenoxy) is 1. The first-order chi connectivity index (χ1) is 12.4. The second-order valence-corrected chi connectivity index (χ2v) is 7.52. The molecular formula is C21H27N3O2. The Morgan fingerprint density at radius 3 is 2.23 bits per heavy atom. The molecule has 0 atom stereocenters. The third-order valence-corrected chi connectivity index (χ3v) is 4.36. The van der Waals surface area contributed by atoms with Crippen LogP contribution in [0.4, 0.5) is 22.7 Å². The highest BCUT2D eigenvalue weighted by Gasteiger charge is 2.21. The zero-order chi connectivity index (χ0) is 18.6. The molecule has 1 aliphatic rings. The Balaban J connectivity index is 1.71. The van der Waals surface area contributed by atoms with E-state index >= 15 is 0 Å². The molecule has 138 valence electrons. The lowest BCUT2D eigenvalue weighted by molar-refractivity contribution is -0.123. The molecule has 0 unspecified atom stereocenters. The van der Waals surface area contributed by atoms with E-state index in [2.05, 4.69) is 33.7 Å². The minimum Gasteiger partial charge on any atom is -0.378 e. The van der Waals surface area contributed by atoms with Gasteiger partial charge in [-0.05, 0) is 36.4 Å². The van der Waals surface area contributed by atoms with Gasteiger partial charge in [-0.3, -0.25) is 4.79 Å². The topological polar surface area (TPSA) is 53.6 Å². The van der Waals surface area contributed by atoms with Gasteiger partial charge in [0.2, 0.25) is 5.91 Å². The fraction of sp³-hybridized carbons (Fsp3) is 0.381. The zero-order valence-electron chi connectivity index (χ0n) is 15.7. The second kappa shape index (κ2) is 7.79. The van der Waals surface area contributed by atoms with Crippen LogP contribution in [0.1, 0.15) is 20.8 Å². The van der Waals surface area contributed by atoms with E-state index in [1.54, 1.807) is 0 Å². The van der Waals surface area contributed by atoms with Gasteiger partial charge in [0, 0.05) is 29.9 Å². The normalized spacial score (nSPS) is 14.8. The number of amides is 1. The SMILES string of the molecule is CC(C)(C)C(=O)Nc1ccc(Nc2ccccc2N2CCOCC2)cc1. The van der Waals surface area contributed by atoms with E-state index in [-0.39, 0.29) is 5.91 Å². The van der Waals surface area contributed by atoms with Crippen LogP contribution in [0.5, 0.6) is 0 Å². The standard InChI is InChI=1S/C21H27N3O2/c1-21(2,3)20(25)23-17-10-8-16(9-11-17)22-18-6-4-5-7-19(18)24-12-14-26-15-13-24/h4-11,22H,12-15H2,1-3H3,(H,23,25). The Hall–Kier alpha value is -2.53. The van der Waals surface area contributed by atoms with Crippen LogP contribution in [0.2, 0.25) is 0 Å². The molecule has 0 radical (unpaired) electrons. The van der Waals surface area contributed by atoms with Crippen LogP contribution in [0.15, 0.2) is 48.5 Å². The van der Waals surface area contributed by atoms with Crippen molar-refractivity contribution in [3.05, 3.63) is 48.5 Å². The van der Waals surface area contributed by atoms with Gasteiger partial charge >= 0.3 is 0 Å². The van der Waals surface area contributed by atoms with E-state index in [1.807, 2.05) is 51.1 Å². The molecule has 1 heterocycles. The number of hydrogen-bond acceptors (Lipinski definition) is 4. The average molecular weight is 353 g/mol. The van der Waals surface area contributed by atoms with Crippen molar-refractivity contribution >= 4 is 28.7 Å². The van der Waals surface area contributed by atoms with Crippen LogP contribution >= 0.6 is 0 Å². The van der Waals surface area contributed by atoms with E-state index in [9.17, 15) is 4.79 Å². The van der Waals surface area contributed by atoms with E-state index in [0.717, 1.165) is 43.4 Å².